The average molecular weight is 307 g/mol. The van der Waals surface area contributed by atoms with Crippen LogP contribution in [0.2, 0.25) is 0 Å². The Morgan fingerprint density at radius 2 is 2.05 bits per heavy atom. The Bertz CT molecular complexity index is 705. The molecular formula is C14H10FNO4S. The lowest BCUT2D eigenvalue weighted by Gasteiger charge is -2.04. The van der Waals surface area contributed by atoms with Gasteiger partial charge in [0.1, 0.15) is 5.82 Å². The molecule has 0 aliphatic carbocycles. The average Bonchev–Trinajstić information content (AvgIpc) is 2.45. The highest BCUT2D eigenvalue weighted by atomic mass is 32.2. The largest absolute Gasteiger partial charge is 0.478 e. The van der Waals surface area contributed by atoms with Gasteiger partial charge in [-0.2, -0.15) is 0 Å². The molecule has 1 N–H and O–H groups in total. The van der Waals surface area contributed by atoms with Crippen molar-refractivity contribution in [3.05, 3.63) is 69.5 Å². The third-order valence-electron chi connectivity index (χ3n) is 2.64. The number of carboxylic acid groups (broad SMARTS) is 1. The monoisotopic (exact) mass is 307 g/mol. The third-order valence-corrected chi connectivity index (χ3v) is 3.70. The number of nitrogens with zero attached hydrogens (tertiary/aromatic N) is 1. The minimum Gasteiger partial charge on any atom is -0.478 e. The minimum absolute atomic E-state index is 0.158. The van der Waals surface area contributed by atoms with E-state index in [4.69, 9.17) is 5.11 Å². The van der Waals surface area contributed by atoms with Gasteiger partial charge in [0.15, 0.2) is 0 Å². The van der Waals surface area contributed by atoms with Crippen LogP contribution in [-0.2, 0) is 5.75 Å². The molecule has 2 aromatic carbocycles. The lowest BCUT2D eigenvalue weighted by Crippen LogP contribution is -1.95. The van der Waals surface area contributed by atoms with Crippen LogP contribution >= 0.6 is 11.8 Å². The first-order valence-electron chi connectivity index (χ1n) is 5.86. The van der Waals surface area contributed by atoms with Crippen molar-refractivity contribution >= 4 is 23.4 Å². The molecule has 0 atom stereocenters. The van der Waals surface area contributed by atoms with E-state index in [0.717, 1.165) is 6.07 Å². The van der Waals surface area contributed by atoms with Crippen molar-refractivity contribution in [3.63, 3.8) is 0 Å². The number of hydrogen-bond donors (Lipinski definition) is 1. The molecule has 2 rings (SSSR count). The van der Waals surface area contributed by atoms with Gasteiger partial charge in [0.2, 0.25) is 0 Å². The molecule has 0 fully saturated rings. The lowest BCUT2D eigenvalue weighted by molar-refractivity contribution is -0.385. The van der Waals surface area contributed by atoms with Crippen LogP contribution in [0.4, 0.5) is 10.1 Å². The van der Waals surface area contributed by atoms with Gasteiger partial charge < -0.3 is 5.11 Å². The zero-order valence-corrected chi connectivity index (χ0v) is 11.5. The summed E-state index contributed by atoms with van der Waals surface area (Å²) in [5.41, 5.74) is 0.322. The Labute approximate surface area is 123 Å². The van der Waals surface area contributed by atoms with Crippen LogP contribution in [0.1, 0.15) is 15.9 Å². The molecule has 0 aliphatic rings. The predicted molar refractivity (Wildman–Crippen MR) is 76.0 cm³/mol. The molecule has 0 radical (unpaired) electrons. The fourth-order valence-corrected chi connectivity index (χ4v) is 2.59. The van der Waals surface area contributed by atoms with E-state index in [9.17, 15) is 19.3 Å². The fourth-order valence-electron chi connectivity index (χ4n) is 1.71. The van der Waals surface area contributed by atoms with Crippen LogP contribution in [0, 0.1) is 15.9 Å². The predicted octanol–water partition coefficient (Wildman–Crippen LogP) is 3.72. The number of aromatic carboxylic acids is 1. The van der Waals surface area contributed by atoms with Crippen molar-refractivity contribution in [1.29, 1.82) is 0 Å². The summed E-state index contributed by atoms with van der Waals surface area (Å²) in [5.74, 6) is -1.39. The number of carbonyl (C=O) groups is 1. The van der Waals surface area contributed by atoms with Gasteiger partial charge in [0.25, 0.3) is 5.69 Å². The molecule has 0 aliphatic heterocycles. The van der Waals surface area contributed by atoms with Gasteiger partial charge in [-0.3, -0.25) is 10.1 Å². The van der Waals surface area contributed by atoms with Crippen molar-refractivity contribution in [3.8, 4) is 0 Å². The van der Waals surface area contributed by atoms with Crippen LogP contribution in [0.15, 0.2) is 47.4 Å². The number of nitro benzene ring substituents is 1. The lowest BCUT2D eigenvalue weighted by atomic mass is 10.2. The quantitative estimate of drug-likeness (QED) is 0.517. The van der Waals surface area contributed by atoms with Crippen LogP contribution in [0.25, 0.3) is 0 Å². The molecule has 108 valence electrons. The SMILES string of the molecule is O=C(O)c1cccc(SCc2cc(F)cc([N+](=O)[O-])c2)c1. The van der Waals surface area contributed by atoms with Crippen LogP contribution in [0.3, 0.4) is 0 Å². The topological polar surface area (TPSA) is 80.4 Å². The van der Waals surface area contributed by atoms with E-state index >= 15 is 0 Å². The van der Waals surface area contributed by atoms with E-state index < -0.39 is 16.7 Å². The van der Waals surface area contributed by atoms with E-state index in [1.54, 1.807) is 12.1 Å². The van der Waals surface area contributed by atoms with Crippen LogP contribution in [0.5, 0.6) is 0 Å². The summed E-state index contributed by atoms with van der Waals surface area (Å²) in [4.78, 5) is 21.6. The fraction of sp³-hybridized carbons (Fsp3) is 0.0714. The van der Waals surface area contributed by atoms with Crippen molar-refractivity contribution in [1.82, 2.24) is 0 Å². The number of non-ortho nitro benzene ring substituents is 1. The summed E-state index contributed by atoms with van der Waals surface area (Å²) in [6.07, 6.45) is 0. The molecule has 0 saturated carbocycles. The van der Waals surface area contributed by atoms with Gasteiger partial charge in [0, 0.05) is 16.7 Å². The summed E-state index contributed by atoms with van der Waals surface area (Å²) in [7, 11) is 0. The van der Waals surface area contributed by atoms with Crippen LogP contribution in [-0.4, -0.2) is 16.0 Å². The number of rotatable bonds is 5. The number of nitro groups is 1. The summed E-state index contributed by atoms with van der Waals surface area (Å²) in [5, 5.41) is 19.6. The highest BCUT2D eigenvalue weighted by Gasteiger charge is 2.10. The molecule has 0 bridgehead atoms. The maximum absolute atomic E-state index is 13.3. The highest BCUT2D eigenvalue weighted by Crippen LogP contribution is 2.26. The van der Waals surface area contributed by atoms with Gasteiger partial charge in [-0.15, -0.1) is 11.8 Å². The molecule has 0 saturated heterocycles. The molecule has 7 heteroatoms. The van der Waals surface area contributed by atoms with E-state index in [2.05, 4.69) is 0 Å². The van der Waals surface area contributed by atoms with Crippen molar-refractivity contribution in [2.45, 2.75) is 10.6 Å². The van der Waals surface area contributed by atoms with Crippen molar-refractivity contribution in [2.24, 2.45) is 0 Å². The molecule has 0 heterocycles. The first-order valence-corrected chi connectivity index (χ1v) is 6.84. The highest BCUT2D eigenvalue weighted by molar-refractivity contribution is 7.98. The van der Waals surface area contributed by atoms with Gasteiger partial charge in [-0.1, -0.05) is 6.07 Å². The summed E-state index contributed by atoms with van der Waals surface area (Å²) < 4.78 is 13.3. The number of thioether (sulfide) groups is 1. The Morgan fingerprint density at radius 1 is 1.29 bits per heavy atom. The summed E-state index contributed by atoms with van der Waals surface area (Å²) >= 11 is 1.28. The molecule has 0 aromatic heterocycles. The van der Waals surface area contributed by atoms with Gasteiger partial charge in [0.05, 0.1) is 16.6 Å². The molecule has 5 nitrogen and oxygen atoms in total. The van der Waals surface area contributed by atoms with E-state index in [1.165, 1.54) is 36.0 Å². The normalized spacial score (nSPS) is 10.3. The molecular weight excluding hydrogens is 297 g/mol. The smallest absolute Gasteiger partial charge is 0.335 e. The maximum atomic E-state index is 13.3. The third kappa shape index (κ3) is 4.03. The Balaban J connectivity index is 2.14. The zero-order valence-electron chi connectivity index (χ0n) is 10.7. The first-order chi connectivity index (χ1) is 9.95. The molecule has 21 heavy (non-hydrogen) atoms. The van der Waals surface area contributed by atoms with Gasteiger partial charge in [-0.05, 0) is 29.8 Å². The molecule has 0 amide bonds. The maximum Gasteiger partial charge on any atom is 0.335 e. The number of benzene rings is 2. The van der Waals surface area contributed by atoms with Crippen molar-refractivity contribution in [2.75, 3.05) is 0 Å². The second-order valence-electron chi connectivity index (χ2n) is 4.20. The van der Waals surface area contributed by atoms with E-state index in [0.29, 0.717) is 16.2 Å². The zero-order chi connectivity index (χ0) is 15.4. The van der Waals surface area contributed by atoms with E-state index in [-0.39, 0.29) is 11.3 Å². The van der Waals surface area contributed by atoms with Gasteiger partial charge >= 0.3 is 5.97 Å². The number of hydrogen-bond acceptors (Lipinski definition) is 4. The molecule has 0 spiro atoms. The number of halogens is 1. The van der Waals surface area contributed by atoms with Crippen molar-refractivity contribution < 1.29 is 19.2 Å². The Kier molecular flexibility index (Phi) is 4.54. The Morgan fingerprint density at radius 3 is 2.71 bits per heavy atom. The second kappa shape index (κ2) is 6.36. The second-order valence-corrected chi connectivity index (χ2v) is 5.25. The summed E-state index contributed by atoms with van der Waals surface area (Å²) in [6, 6.07) is 9.70. The number of carboxylic acids is 1. The summed E-state index contributed by atoms with van der Waals surface area (Å²) in [6.45, 7) is 0. The minimum atomic E-state index is -1.03. The molecule has 0 unspecified atom stereocenters. The first kappa shape index (κ1) is 15.0. The molecule has 2 aromatic rings. The van der Waals surface area contributed by atoms with Gasteiger partial charge in [-0.25, -0.2) is 9.18 Å². The van der Waals surface area contributed by atoms with E-state index in [1.807, 2.05) is 0 Å². The Hall–Kier alpha value is -2.41. The van der Waals surface area contributed by atoms with Crippen LogP contribution < -0.4 is 0 Å². The standard InChI is InChI=1S/C14H10FNO4S/c15-11-4-9(5-12(7-11)16(19)20)8-21-13-3-1-2-10(6-13)14(17)18/h1-7H,8H2,(H,17,18).